The third kappa shape index (κ3) is 4.36. The van der Waals surface area contributed by atoms with Crippen LogP contribution in [-0.4, -0.2) is 30.3 Å². The lowest BCUT2D eigenvalue weighted by Gasteiger charge is -2.18. The Morgan fingerprint density at radius 2 is 1.74 bits per heavy atom. The number of benzene rings is 2. The summed E-state index contributed by atoms with van der Waals surface area (Å²) in [6.07, 6.45) is 0. The second-order valence-corrected chi connectivity index (χ2v) is 8.87. The van der Waals surface area contributed by atoms with Crippen LogP contribution in [0.4, 0.5) is 9.52 Å². The predicted molar refractivity (Wildman–Crippen MR) is 118 cm³/mol. The molecule has 0 spiro atoms. The lowest BCUT2D eigenvalue weighted by atomic mass is 9.87. The van der Waals surface area contributed by atoms with E-state index in [1.165, 1.54) is 12.1 Å². The number of rotatable bonds is 4. The summed E-state index contributed by atoms with van der Waals surface area (Å²) < 4.78 is 19.1. The lowest BCUT2D eigenvalue weighted by molar-refractivity contribution is 0.102. The molecule has 2 aromatic carbocycles. The molecule has 4 aromatic rings. The van der Waals surface area contributed by atoms with Gasteiger partial charge in [0.15, 0.2) is 11.5 Å². The molecule has 0 aliphatic rings. The number of amides is 1. The van der Waals surface area contributed by atoms with Crippen LogP contribution < -0.4 is 5.32 Å². The van der Waals surface area contributed by atoms with Crippen molar-refractivity contribution in [2.75, 3.05) is 5.32 Å². The van der Waals surface area contributed by atoms with Crippen LogP contribution in [-0.2, 0) is 5.41 Å². The number of anilines is 1. The summed E-state index contributed by atoms with van der Waals surface area (Å²) in [6.45, 7) is 8.20. The van der Waals surface area contributed by atoms with Gasteiger partial charge in [0.25, 0.3) is 5.91 Å². The Hall–Kier alpha value is -3.46. The van der Waals surface area contributed by atoms with Gasteiger partial charge in [-0.25, -0.2) is 9.07 Å². The van der Waals surface area contributed by atoms with E-state index in [9.17, 15) is 9.18 Å². The van der Waals surface area contributed by atoms with E-state index in [1.54, 1.807) is 28.9 Å². The fourth-order valence-corrected chi connectivity index (χ4v) is 3.59. The maximum absolute atomic E-state index is 13.2. The van der Waals surface area contributed by atoms with Crippen LogP contribution in [0.3, 0.4) is 0 Å². The zero-order valence-electron chi connectivity index (χ0n) is 17.5. The van der Waals surface area contributed by atoms with E-state index in [-0.39, 0.29) is 17.1 Å². The molecule has 1 N–H and O–H groups in total. The average molecular weight is 437 g/mol. The van der Waals surface area contributed by atoms with Gasteiger partial charge in [-0.3, -0.25) is 10.1 Å². The van der Waals surface area contributed by atoms with Gasteiger partial charge < -0.3 is 0 Å². The van der Waals surface area contributed by atoms with E-state index in [4.69, 9.17) is 0 Å². The van der Waals surface area contributed by atoms with Crippen molar-refractivity contribution in [3.8, 4) is 17.2 Å². The van der Waals surface area contributed by atoms with Gasteiger partial charge in [0.2, 0.25) is 5.13 Å². The molecule has 0 atom stereocenters. The number of carbonyl (C=O) groups is 1. The van der Waals surface area contributed by atoms with E-state index in [0.29, 0.717) is 33.6 Å². The molecular weight excluding hydrogens is 415 g/mol. The molecule has 7 nitrogen and oxygen atoms in total. The van der Waals surface area contributed by atoms with Crippen LogP contribution in [0, 0.1) is 12.7 Å². The molecule has 4 rings (SSSR count). The van der Waals surface area contributed by atoms with Crippen molar-refractivity contribution >= 4 is 22.6 Å². The molecule has 2 aromatic heterocycles. The van der Waals surface area contributed by atoms with Gasteiger partial charge in [-0.05, 0) is 54.3 Å². The highest BCUT2D eigenvalue weighted by molar-refractivity contribution is 7.10. The van der Waals surface area contributed by atoms with E-state index < -0.39 is 0 Å². The summed E-state index contributed by atoms with van der Waals surface area (Å²) >= 11 is 1.07. The number of nitrogens with one attached hydrogen (secondary N) is 1. The van der Waals surface area contributed by atoms with Gasteiger partial charge in [-0.15, -0.1) is 5.10 Å². The number of halogens is 1. The Balaban J connectivity index is 1.51. The Bertz CT molecular complexity index is 1220. The van der Waals surface area contributed by atoms with Crippen LogP contribution >= 0.6 is 11.5 Å². The van der Waals surface area contributed by atoms with Gasteiger partial charge in [-0.1, -0.05) is 38.1 Å². The highest BCUT2D eigenvalue weighted by atomic mass is 32.1. The largest absolute Gasteiger partial charge is 0.297 e. The molecule has 31 heavy (non-hydrogen) atoms. The molecule has 0 saturated carbocycles. The first kappa shape index (κ1) is 20.8. The first-order chi connectivity index (χ1) is 14.7. The predicted octanol–water partition coefficient (Wildman–Crippen LogP) is 4.78. The van der Waals surface area contributed by atoms with Crippen molar-refractivity contribution in [3.05, 3.63) is 71.2 Å². The molecule has 0 aliphatic heterocycles. The third-order valence-electron chi connectivity index (χ3n) is 4.84. The first-order valence-electron chi connectivity index (χ1n) is 9.66. The van der Waals surface area contributed by atoms with Gasteiger partial charge in [0.05, 0.1) is 11.4 Å². The molecule has 0 fully saturated rings. The summed E-state index contributed by atoms with van der Waals surface area (Å²) in [5.41, 5.74) is 3.60. The molecule has 0 saturated heterocycles. The van der Waals surface area contributed by atoms with Crippen molar-refractivity contribution in [3.63, 3.8) is 0 Å². The van der Waals surface area contributed by atoms with Crippen molar-refractivity contribution in [1.82, 2.24) is 24.4 Å². The topological polar surface area (TPSA) is 85.6 Å². The fourth-order valence-electron chi connectivity index (χ4n) is 3.02. The van der Waals surface area contributed by atoms with Crippen molar-refractivity contribution in [2.24, 2.45) is 0 Å². The highest BCUT2D eigenvalue weighted by Crippen LogP contribution is 2.25. The molecular formula is C22H21FN6OS. The smallest absolute Gasteiger partial charge is 0.257 e. The summed E-state index contributed by atoms with van der Waals surface area (Å²) in [4.78, 5) is 17.0. The number of carbonyl (C=O) groups excluding carboxylic acids is 1. The quantitative estimate of drug-likeness (QED) is 0.497. The van der Waals surface area contributed by atoms with E-state index in [2.05, 4.69) is 45.8 Å². The van der Waals surface area contributed by atoms with Crippen LogP contribution in [0.25, 0.3) is 17.2 Å². The van der Waals surface area contributed by atoms with E-state index >= 15 is 0 Å². The molecule has 0 radical (unpaired) electrons. The van der Waals surface area contributed by atoms with Crippen LogP contribution in [0.1, 0.15) is 42.4 Å². The number of nitrogens with zero attached hydrogens (tertiary/aromatic N) is 5. The number of hydrogen-bond acceptors (Lipinski definition) is 6. The minimum Gasteiger partial charge on any atom is -0.297 e. The van der Waals surface area contributed by atoms with Gasteiger partial charge in [0, 0.05) is 17.1 Å². The minimum atomic E-state index is -0.323. The maximum atomic E-state index is 13.2. The summed E-state index contributed by atoms with van der Waals surface area (Å²) in [5, 5.41) is 11.4. The second kappa shape index (κ2) is 7.99. The Morgan fingerprint density at radius 3 is 2.39 bits per heavy atom. The second-order valence-electron chi connectivity index (χ2n) is 8.12. The Morgan fingerprint density at radius 1 is 1.06 bits per heavy atom. The molecule has 158 valence electrons. The average Bonchev–Trinajstić information content (AvgIpc) is 3.34. The van der Waals surface area contributed by atoms with Crippen LogP contribution in [0.15, 0.2) is 48.5 Å². The normalized spacial score (nSPS) is 11.5. The molecule has 0 aliphatic carbocycles. The first-order valence-corrected chi connectivity index (χ1v) is 10.4. The Labute approximate surface area is 183 Å². The van der Waals surface area contributed by atoms with Crippen LogP contribution in [0.5, 0.6) is 0 Å². The monoisotopic (exact) mass is 436 g/mol. The lowest BCUT2D eigenvalue weighted by Crippen LogP contribution is -2.14. The molecule has 0 unspecified atom stereocenters. The Kier molecular flexibility index (Phi) is 5.36. The number of hydrogen-bond donors (Lipinski definition) is 1. The van der Waals surface area contributed by atoms with Crippen LogP contribution in [0.2, 0.25) is 0 Å². The van der Waals surface area contributed by atoms with Crippen molar-refractivity contribution in [2.45, 2.75) is 33.1 Å². The zero-order chi connectivity index (χ0) is 22.2. The van der Waals surface area contributed by atoms with Crippen molar-refractivity contribution < 1.29 is 9.18 Å². The maximum Gasteiger partial charge on any atom is 0.257 e. The van der Waals surface area contributed by atoms with Gasteiger partial charge in [0.1, 0.15) is 5.82 Å². The standard InChI is InChI=1S/C22H21FN6OS/c1-13-18(26-28-29(13)17-11-9-16(23)10-12-17)19-24-21(31-27-19)25-20(30)14-5-7-15(8-6-14)22(2,3)4/h5-12H,1-4H3,(H,24,25,27,30). The molecule has 1 amide bonds. The van der Waals surface area contributed by atoms with E-state index in [0.717, 1.165) is 17.1 Å². The van der Waals surface area contributed by atoms with E-state index in [1.807, 2.05) is 19.1 Å². The highest BCUT2D eigenvalue weighted by Gasteiger charge is 2.19. The molecule has 0 bridgehead atoms. The zero-order valence-corrected chi connectivity index (χ0v) is 18.4. The molecule has 9 heteroatoms. The fraction of sp³-hybridized carbons (Fsp3) is 0.227. The number of aromatic nitrogens is 5. The van der Waals surface area contributed by atoms with Crippen molar-refractivity contribution in [1.29, 1.82) is 0 Å². The summed E-state index contributed by atoms with van der Waals surface area (Å²) in [7, 11) is 0. The third-order valence-corrected chi connectivity index (χ3v) is 5.47. The minimum absolute atomic E-state index is 0.0202. The summed E-state index contributed by atoms with van der Waals surface area (Å²) in [6, 6.07) is 13.5. The SMILES string of the molecule is Cc1c(-c2nsc(NC(=O)c3ccc(C(C)(C)C)cc3)n2)nnn1-c1ccc(F)cc1. The van der Waals surface area contributed by atoms with Gasteiger partial charge in [-0.2, -0.15) is 9.36 Å². The molecule has 2 heterocycles. The summed E-state index contributed by atoms with van der Waals surface area (Å²) in [5.74, 6) is -0.208. The van der Waals surface area contributed by atoms with Gasteiger partial charge >= 0.3 is 0 Å².